The van der Waals surface area contributed by atoms with Crippen LogP contribution in [0.4, 0.5) is 5.69 Å². The molecule has 144 valence electrons. The molecule has 0 fully saturated rings. The zero-order valence-corrected chi connectivity index (χ0v) is 17.0. The van der Waals surface area contributed by atoms with Crippen molar-refractivity contribution in [3.63, 3.8) is 0 Å². The molecule has 2 amide bonds. The normalized spacial score (nSPS) is 12.9. The molecule has 0 unspecified atom stereocenters. The fourth-order valence-corrected chi connectivity index (χ4v) is 3.00. The van der Waals surface area contributed by atoms with Gasteiger partial charge in [0.05, 0.1) is 6.54 Å². The van der Waals surface area contributed by atoms with Crippen LogP contribution in [0.5, 0.6) is 0 Å². The molecule has 0 aliphatic rings. The van der Waals surface area contributed by atoms with Crippen LogP contribution in [0, 0.1) is 6.92 Å². The maximum atomic E-state index is 12.6. The number of nitrogens with one attached hydrogen (secondary N) is 1. The van der Waals surface area contributed by atoms with E-state index in [1.54, 1.807) is 7.05 Å². The number of hydrogen-bond donors (Lipinski definition) is 2. The van der Waals surface area contributed by atoms with E-state index in [1.165, 1.54) is 4.90 Å². The number of quaternary nitrogens is 1. The highest BCUT2D eigenvalue weighted by atomic mass is 35.5. The number of amides is 2. The molecule has 0 aliphatic heterocycles. The molecule has 0 spiro atoms. The van der Waals surface area contributed by atoms with Gasteiger partial charge in [-0.25, -0.2) is 0 Å². The standard InChI is InChI=1S/C21H26ClN3O2/c1-14-5-11-19(12-6-14)24-20(26)13-25(4)21(27)16(3)23-15(2)17-7-9-18(22)10-8-17/h5-12,15-16,23H,13H2,1-4H3,(H,24,26)/p+1/t15-,16-/m0/s1. The van der Waals surface area contributed by atoms with E-state index in [0.717, 1.165) is 16.8 Å². The van der Waals surface area contributed by atoms with Crippen molar-refractivity contribution in [1.29, 1.82) is 0 Å². The first-order chi connectivity index (χ1) is 12.8. The van der Waals surface area contributed by atoms with Crippen LogP contribution in [0.25, 0.3) is 0 Å². The number of nitrogens with two attached hydrogens (primary N) is 1. The number of halogens is 1. The molecule has 2 aromatic carbocycles. The van der Waals surface area contributed by atoms with Crippen molar-refractivity contribution in [3.05, 3.63) is 64.7 Å². The Kier molecular flexibility index (Phi) is 7.39. The maximum Gasteiger partial charge on any atom is 0.280 e. The number of hydrogen-bond acceptors (Lipinski definition) is 2. The number of rotatable bonds is 7. The van der Waals surface area contributed by atoms with Crippen LogP contribution in [0.2, 0.25) is 5.02 Å². The summed E-state index contributed by atoms with van der Waals surface area (Å²) in [5.74, 6) is -0.303. The van der Waals surface area contributed by atoms with Crippen LogP contribution in [-0.4, -0.2) is 36.3 Å². The summed E-state index contributed by atoms with van der Waals surface area (Å²) in [6.07, 6.45) is 0. The third-order valence-corrected chi connectivity index (χ3v) is 4.71. The third-order valence-electron chi connectivity index (χ3n) is 4.45. The van der Waals surface area contributed by atoms with E-state index in [4.69, 9.17) is 11.6 Å². The Balaban J connectivity index is 1.86. The third kappa shape index (κ3) is 6.38. The van der Waals surface area contributed by atoms with E-state index in [9.17, 15) is 9.59 Å². The van der Waals surface area contributed by atoms with Crippen LogP contribution in [0.1, 0.15) is 31.0 Å². The summed E-state index contributed by atoms with van der Waals surface area (Å²) in [6, 6.07) is 15.0. The SMILES string of the molecule is Cc1ccc(NC(=O)CN(C)C(=O)[C@H](C)[NH2+][C@@H](C)c2ccc(Cl)cc2)cc1. The van der Waals surface area contributed by atoms with Gasteiger partial charge in [-0.15, -0.1) is 0 Å². The number of benzene rings is 2. The summed E-state index contributed by atoms with van der Waals surface area (Å²) in [4.78, 5) is 26.2. The number of carbonyl (C=O) groups excluding carboxylic acids is 2. The Hall–Kier alpha value is -2.37. The van der Waals surface area contributed by atoms with Crippen LogP contribution in [-0.2, 0) is 9.59 Å². The van der Waals surface area contributed by atoms with Crippen molar-refractivity contribution in [1.82, 2.24) is 4.90 Å². The fraction of sp³-hybridized carbons (Fsp3) is 0.333. The van der Waals surface area contributed by atoms with E-state index < -0.39 is 0 Å². The van der Waals surface area contributed by atoms with Crippen molar-refractivity contribution in [2.24, 2.45) is 0 Å². The Labute approximate surface area is 165 Å². The number of nitrogens with zero attached hydrogens (tertiary/aromatic N) is 1. The Morgan fingerprint density at radius 2 is 1.67 bits per heavy atom. The first-order valence-corrected chi connectivity index (χ1v) is 9.36. The lowest BCUT2D eigenvalue weighted by atomic mass is 10.1. The van der Waals surface area contributed by atoms with Gasteiger partial charge in [0, 0.05) is 23.3 Å². The van der Waals surface area contributed by atoms with Gasteiger partial charge in [-0.05, 0) is 45.0 Å². The molecule has 3 N–H and O–H groups in total. The highest BCUT2D eigenvalue weighted by Crippen LogP contribution is 2.13. The molecular weight excluding hydrogens is 362 g/mol. The van der Waals surface area contributed by atoms with Crippen molar-refractivity contribution in [2.75, 3.05) is 18.9 Å². The van der Waals surface area contributed by atoms with E-state index in [0.29, 0.717) is 5.02 Å². The molecule has 2 rings (SSSR count). The lowest BCUT2D eigenvalue weighted by molar-refractivity contribution is -0.710. The molecule has 0 saturated carbocycles. The van der Waals surface area contributed by atoms with Gasteiger partial charge in [0.1, 0.15) is 6.04 Å². The topological polar surface area (TPSA) is 66.0 Å². The van der Waals surface area contributed by atoms with Crippen molar-refractivity contribution in [2.45, 2.75) is 32.9 Å². The second kappa shape index (κ2) is 9.53. The molecule has 27 heavy (non-hydrogen) atoms. The molecule has 0 aliphatic carbocycles. The number of anilines is 1. The first kappa shape index (κ1) is 20.9. The van der Waals surface area contributed by atoms with Crippen molar-refractivity contribution in [3.8, 4) is 0 Å². The van der Waals surface area contributed by atoms with E-state index in [-0.39, 0.29) is 30.4 Å². The monoisotopic (exact) mass is 388 g/mol. The highest BCUT2D eigenvalue weighted by molar-refractivity contribution is 6.30. The van der Waals surface area contributed by atoms with Gasteiger partial charge in [-0.1, -0.05) is 41.4 Å². The Morgan fingerprint density at radius 1 is 1.07 bits per heavy atom. The summed E-state index contributed by atoms with van der Waals surface area (Å²) in [5, 5.41) is 5.49. The number of carbonyl (C=O) groups is 2. The zero-order valence-electron chi connectivity index (χ0n) is 16.2. The van der Waals surface area contributed by atoms with Gasteiger partial charge in [0.15, 0.2) is 6.04 Å². The fourth-order valence-electron chi connectivity index (χ4n) is 2.87. The van der Waals surface area contributed by atoms with Gasteiger partial charge in [0.2, 0.25) is 5.91 Å². The summed E-state index contributed by atoms with van der Waals surface area (Å²) < 4.78 is 0. The quantitative estimate of drug-likeness (QED) is 0.765. The molecule has 2 atom stereocenters. The molecule has 2 aromatic rings. The van der Waals surface area contributed by atoms with Crippen LogP contribution < -0.4 is 10.6 Å². The van der Waals surface area contributed by atoms with Gasteiger partial charge in [0.25, 0.3) is 5.91 Å². The van der Waals surface area contributed by atoms with Crippen LogP contribution in [0.3, 0.4) is 0 Å². The molecular formula is C21H27ClN3O2+. The number of aryl methyl sites for hydroxylation is 1. The van der Waals surface area contributed by atoms with E-state index in [2.05, 4.69) is 5.32 Å². The van der Waals surface area contributed by atoms with Crippen LogP contribution >= 0.6 is 11.6 Å². The predicted octanol–water partition coefficient (Wildman–Crippen LogP) is 2.76. The van der Waals surface area contributed by atoms with Gasteiger partial charge in [-0.3, -0.25) is 9.59 Å². The molecule has 6 heteroatoms. The average molecular weight is 389 g/mol. The Bertz CT molecular complexity index is 775. The van der Waals surface area contributed by atoms with Gasteiger partial charge >= 0.3 is 0 Å². The lowest BCUT2D eigenvalue weighted by Gasteiger charge is -2.22. The first-order valence-electron chi connectivity index (χ1n) is 8.98. The summed E-state index contributed by atoms with van der Waals surface area (Å²) in [6.45, 7) is 5.89. The largest absolute Gasteiger partial charge is 0.331 e. The minimum atomic E-state index is -0.298. The summed E-state index contributed by atoms with van der Waals surface area (Å²) in [7, 11) is 1.65. The van der Waals surface area contributed by atoms with Crippen molar-refractivity contribution >= 4 is 29.1 Å². The van der Waals surface area contributed by atoms with E-state index >= 15 is 0 Å². The summed E-state index contributed by atoms with van der Waals surface area (Å²) >= 11 is 5.92. The van der Waals surface area contributed by atoms with Crippen LogP contribution in [0.15, 0.2) is 48.5 Å². The average Bonchev–Trinajstić information content (AvgIpc) is 2.63. The Morgan fingerprint density at radius 3 is 2.26 bits per heavy atom. The molecule has 0 heterocycles. The second-order valence-electron chi connectivity index (χ2n) is 6.93. The predicted molar refractivity (Wildman–Crippen MR) is 109 cm³/mol. The minimum absolute atomic E-state index is 0.0141. The molecule has 0 bridgehead atoms. The molecule has 0 radical (unpaired) electrons. The van der Waals surface area contributed by atoms with Crippen molar-refractivity contribution < 1.29 is 14.9 Å². The molecule has 5 nitrogen and oxygen atoms in total. The second-order valence-corrected chi connectivity index (χ2v) is 7.37. The van der Waals surface area contributed by atoms with Gasteiger partial charge < -0.3 is 15.5 Å². The maximum absolute atomic E-state index is 12.6. The molecule has 0 aromatic heterocycles. The minimum Gasteiger partial charge on any atom is -0.331 e. The molecule has 0 saturated heterocycles. The highest BCUT2D eigenvalue weighted by Gasteiger charge is 2.24. The smallest absolute Gasteiger partial charge is 0.280 e. The lowest BCUT2D eigenvalue weighted by Crippen LogP contribution is -2.92. The number of likely N-dealkylation sites (N-methyl/N-ethyl adjacent to an activating group) is 1. The van der Waals surface area contributed by atoms with Gasteiger partial charge in [-0.2, -0.15) is 0 Å². The zero-order chi connectivity index (χ0) is 20.0. The summed E-state index contributed by atoms with van der Waals surface area (Å²) in [5.41, 5.74) is 2.95. The van der Waals surface area contributed by atoms with E-state index in [1.807, 2.05) is 74.6 Å².